The molecular formula is C11H10N2O2S. The zero-order chi connectivity index (χ0) is 11.4. The van der Waals surface area contributed by atoms with Crippen molar-refractivity contribution in [2.24, 2.45) is 0 Å². The second kappa shape index (κ2) is 4.76. The molecule has 0 bridgehead atoms. The van der Waals surface area contributed by atoms with E-state index in [0.717, 1.165) is 0 Å². The molecule has 0 saturated heterocycles. The van der Waals surface area contributed by atoms with Crippen LogP contribution in [-0.2, 0) is 0 Å². The van der Waals surface area contributed by atoms with Crippen molar-refractivity contribution in [3.05, 3.63) is 41.4 Å². The molecule has 82 valence electrons. The van der Waals surface area contributed by atoms with E-state index in [1.54, 1.807) is 37.5 Å². The van der Waals surface area contributed by atoms with Gasteiger partial charge in [-0.3, -0.25) is 4.79 Å². The van der Waals surface area contributed by atoms with Gasteiger partial charge in [0.15, 0.2) is 0 Å². The summed E-state index contributed by atoms with van der Waals surface area (Å²) in [5.74, 6) is 0.559. The Hall–Kier alpha value is -1.88. The molecular weight excluding hydrogens is 224 g/mol. The average molecular weight is 234 g/mol. The van der Waals surface area contributed by atoms with Crippen molar-refractivity contribution in [2.45, 2.75) is 0 Å². The minimum atomic E-state index is -0.110. The van der Waals surface area contributed by atoms with E-state index < -0.39 is 0 Å². The first kappa shape index (κ1) is 10.6. The van der Waals surface area contributed by atoms with E-state index in [0.29, 0.717) is 16.5 Å². The van der Waals surface area contributed by atoms with E-state index in [-0.39, 0.29) is 5.91 Å². The van der Waals surface area contributed by atoms with Crippen LogP contribution < -0.4 is 10.1 Å². The number of nitrogens with one attached hydrogen (secondary N) is 1. The summed E-state index contributed by atoms with van der Waals surface area (Å²) in [5.41, 5.74) is 0.606. The van der Waals surface area contributed by atoms with Crippen molar-refractivity contribution < 1.29 is 9.53 Å². The van der Waals surface area contributed by atoms with Gasteiger partial charge in [-0.1, -0.05) is 11.3 Å². The van der Waals surface area contributed by atoms with Crippen LogP contribution in [0.25, 0.3) is 0 Å². The van der Waals surface area contributed by atoms with Gasteiger partial charge >= 0.3 is 0 Å². The summed E-state index contributed by atoms with van der Waals surface area (Å²) in [5, 5.41) is 4.99. The van der Waals surface area contributed by atoms with Crippen LogP contribution in [0.15, 0.2) is 35.8 Å². The summed E-state index contributed by atoms with van der Waals surface area (Å²) in [6, 6.07) is 6.90. The van der Waals surface area contributed by atoms with E-state index in [1.807, 2.05) is 5.38 Å². The first-order chi connectivity index (χ1) is 7.79. The van der Waals surface area contributed by atoms with Gasteiger partial charge < -0.3 is 10.1 Å². The van der Waals surface area contributed by atoms with Gasteiger partial charge in [0.2, 0.25) is 0 Å². The summed E-state index contributed by atoms with van der Waals surface area (Å²) in [6.45, 7) is 0. The molecule has 1 N–H and O–H groups in total. The number of nitrogens with zero attached hydrogens (tertiary/aromatic N) is 1. The highest BCUT2D eigenvalue weighted by Gasteiger charge is 2.03. The lowest BCUT2D eigenvalue weighted by molar-refractivity contribution is 0.0963. The zero-order valence-corrected chi connectivity index (χ0v) is 9.45. The third kappa shape index (κ3) is 2.38. The van der Waals surface area contributed by atoms with Crippen LogP contribution >= 0.6 is 11.3 Å². The van der Waals surface area contributed by atoms with Gasteiger partial charge in [-0.05, 0) is 24.3 Å². The lowest BCUT2D eigenvalue weighted by Gasteiger charge is -2.03. The van der Waals surface area contributed by atoms with Crippen LogP contribution in [0.4, 0.5) is 0 Å². The maximum atomic E-state index is 11.3. The average Bonchev–Trinajstić information content (AvgIpc) is 2.82. The zero-order valence-electron chi connectivity index (χ0n) is 8.64. The molecule has 2 rings (SSSR count). The fourth-order valence-electron chi connectivity index (χ4n) is 1.18. The molecule has 0 fully saturated rings. The fraction of sp³-hybridized carbons (Fsp3) is 0.0909. The van der Waals surface area contributed by atoms with E-state index in [9.17, 15) is 4.79 Å². The highest BCUT2D eigenvalue weighted by Crippen LogP contribution is 2.23. The SMILES string of the molecule is CNC(=O)c1ccc(Oc2nccs2)cc1. The van der Waals surface area contributed by atoms with E-state index in [2.05, 4.69) is 10.3 Å². The number of carbonyl (C=O) groups excluding carboxylic acids is 1. The molecule has 1 amide bonds. The number of aromatic nitrogens is 1. The van der Waals surface area contributed by atoms with Crippen molar-refractivity contribution >= 4 is 17.2 Å². The van der Waals surface area contributed by atoms with Gasteiger partial charge in [-0.2, -0.15) is 0 Å². The minimum absolute atomic E-state index is 0.110. The number of hydrogen-bond acceptors (Lipinski definition) is 4. The van der Waals surface area contributed by atoms with Gasteiger partial charge in [0.25, 0.3) is 11.1 Å². The van der Waals surface area contributed by atoms with E-state index in [4.69, 9.17) is 4.74 Å². The topological polar surface area (TPSA) is 51.2 Å². The van der Waals surface area contributed by atoms with Gasteiger partial charge in [0, 0.05) is 24.2 Å². The third-order valence-electron chi connectivity index (χ3n) is 1.96. The molecule has 4 nitrogen and oxygen atoms in total. The van der Waals surface area contributed by atoms with Crippen LogP contribution in [0.5, 0.6) is 10.9 Å². The molecule has 0 aliphatic heterocycles. The standard InChI is InChI=1S/C11H10N2O2S/c1-12-10(14)8-2-4-9(5-3-8)15-11-13-6-7-16-11/h2-7H,1H3,(H,12,14). The Morgan fingerprint density at radius 3 is 2.69 bits per heavy atom. The number of thiazole rings is 1. The Bertz CT molecular complexity index is 465. The lowest BCUT2D eigenvalue weighted by atomic mass is 10.2. The third-order valence-corrected chi connectivity index (χ3v) is 2.61. The number of ether oxygens (including phenoxy) is 1. The second-order valence-electron chi connectivity index (χ2n) is 3.00. The van der Waals surface area contributed by atoms with Crippen LogP contribution in [-0.4, -0.2) is 17.9 Å². The lowest BCUT2D eigenvalue weighted by Crippen LogP contribution is -2.17. The summed E-state index contributed by atoms with van der Waals surface area (Å²) >= 11 is 1.42. The summed E-state index contributed by atoms with van der Waals surface area (Å²) in [7, 11) is 1.60. The molecule has 0 radical (unpaired) electrons. The summed E-state index contributed by atoms with van der Waals surface area (Å²) in [4.78, 5) is 15.3. The summed E-state index contributed by atoms with van der Waals surface area (Å²) in [6.07, 6.45) is 1.68. The van der Waals surface area contributed by atoms with Crippen molar-refractivity contribution in [3.8, 4) is 10.9 Å². The van der Waals surface area contributed by atoms with Gasteiger partial charge in [0.1, 0.15) is 5.75 Å². The molecule has 1 aromatic carbocycles. The van der Waals surface area contributed by atoms with Crippen molar-refractivity contribution in [2.75, 3.05) is 7.05 Å². The van der Waals surface area contributed by atoms with Crippen LogP contribution in [0.2, 0.25) is 0 Å². The molecule has 0 atom stereocenters. The maximum absolute atomic E-state index is 11.3. The minimum Gasteiger partial charge on any atom is -0.431 e. The molecule has 5 heteroatoms. The molecule has 1 aromatic heterocycles. The van der Waals surface area contributed by atoms with E-state index >= 15 is 0 Å². The smallest absolute Gasteiger partial charge is 0.278 e. The molecule has 0 unspecified atom stereocenters. The highest BCUT2D eigenvalue weighted by molar-refractivity contribution is 7.11. The van der Waals surface area contributed by atoms with E-state index in [1.165, 1.54) is 11.3 Å². The molecule has 16 heavy (non-hydrogen) atoms. The first-order valence-electron chi connectivity index (χ1n) is 4.69. The Kier molecular flexibility index (Phi) is 3.16. The predicted molar refractivity (Wildman–Crippen MR) is 62.0 cm³/mol. The Morgan fingerprint density at radius 2 is 2.12 bits per heavy atom. The largest absolute Gasteiger partial charge is 0.431 e. The monoisotopic (exact) mass is 234 g/mol. The molecule has 0 spiro atoms. The Labute approximate surface area is 96.9 Å². The summed E-state index contributed by atoms with van der Waals surface area (Å²) < 4.78 is 5.46. The number of benzene rings is 1. The van der Waals surface area contributed by atoms with Crippen molar-refractivity contribution in [3.63, 3.8) is 0 Å². The van der Waals surface area contributed by atoms with Crippen LogP contribution in [0, 0.1) is 0 Å². The second-order valence-corrected chi connectivity index (χ2v) is 3.86. The number of rotatable bonds is 3. The van der Waals surface area contributed by atoms with Crippen LogP contribution in [0.1, 0.15) is 10.4 Å². The fourth-order valence-corrected chi connectivity index (χ4v) is 1.68. The highest BCUT2D eigenvalue weighted by atomic mass is 32.1. The van der Waals surface area contributed by atoms with Crippen molar-refractivity contribution in [1.29, 1.82) is 0 Å². The van der Waals surface area contributed by atoms with Gasteiger partial charge in [0.05, 0.1) is 0 Å². The van der Waals surface area contributed by atoms with Gasteiger partial charge in [-0.25, -0.2) is 4.98 Å². The van der Waals surface area contributed by atoms with Crippen molar-refractivity contribution in [1.82, 2.24) is 10.3 Å². The molecule has 1 heterocycles. The number of carbonyl (C=O) groups is 1. The predicted octanol–water partition coefficient (Wildman–Crippen LogP) is 2.29. The van der Waals surface area contributed by atoms with Crippen LogP contribution in [0.3, 0.4) is 0 Å². The normalized spacial score (nSPS) is 9.81. The quantitative estimate of drug-likeness (QED) is 0.886. The maximum Gasteiger partial charge on any atom is 0.278 e. The molecule has 0 aliphatic carbocycles. The Morgan fingerprint density at radius 1 is 1.38 bits per heavy atom. The van der Waals surface area contributed by atoms with Gasteiger partial charge in [-0.15, -0.1) is 0 Å². The first-order valence-corrected chi connectivity index (χ1v) is 5.57. The molecule has 2 aromatic rings. The number of amides is 1. The molecule has 0 saturated carbocycles. The molecule has 0 aliphatic rings. The number of hydrogen-bond donors (Lipinski definition) is 1. The Balaban J connectivity index is 2.10.